The Bertz CT molecular complexity index is 1350. The maximum absolute atomic E-state index is 13.6. The van der Waals surface area contributed by atoms with E-state index in [9.17, 15) is 13.2 Å². The zero-order valence-electron chi connectivity index (χ0n) is 23.9. The van der Waals surface area contributed by atoms with Crippen LogP contribution < -0.4 is 9.46 Å². The van der Waals surface area contributed by atoms with Crippen LogP contribution in [0.1, 0.15) is 48.4 Å². The number of nitrogens with zero attached hydrogens (tertiary/aromatic N) is 1. The van der Waals surface area contributed by atoms with Crippen molar-refractivity contribution in [3.63, 3.8) is 0 Å². The molecule has 0 radical (unpaired) electrons. The van der Waals surface area contributed by atoms with Crippen LogP contribution >= 0.6 is 23.5 Å². The molecule has 4 aromatic rings. The number of alkyl halides is 3. The average Bonchev–Trinajstić information content (AvgIpc) is 2.98. The van der Waals surface area contributed by atoms with Gasteiger partial charge in [0, 0.05) is 37.7 Å². The minimum absolute atomic E-state index is 0.0311. The topological polar surface area (TPSA) is 29.1 Å². The average molecular weight is 614 g/mol. The highest BCUT2D eigenvalue weighted by Gasteiger charge is 2.34. The van der Waals surface area contributed by atoms with E-state index in [-0.39, 0.29) is 17.5 Å². The first kappa shape index (κ1) is 32.0. The van der Waals surface area contributed by atoms with E-state index in [0.29, 0.717) is 36.9 Å². The Balaban J connectivity index is 1.52. The van der Waals surface area contributed by atoms with Crippen molar-refractivity contribution >= 4 is 29.2 Å². The minimum Gasteiger partial charge on any atom is -0.493 e. The summed E-state index contributed by atoms with van der Waals surface area (Å²) in [5.74, 6) is 0.829. The van der Waals surface area contributed by atoms with Crippen molar-refractivity contribution in [3.05, 3.63) is 130 Å². The van der Waals surface area contributed by atoms with Crippen LogP contribution in [-0.4, -0.2) is 29.8 Å². The molecule has 0 aliphatic heterocycles. The maximum atomic E-state index is 13.6. The van der Waals surface area contributed by atoms with Gasteiger partial charge in [-0.15, -0.1) is 0 Å². The number of rotatable bonds is 14. The Labute approximate surface area is 256 Å². The van der Waals surface area contributed by atoms with E-state index in [4.69, 9.17) is 16.3 Å². The third-order valence-corrected chi connectivity index (χ3v) is 8.24. The van der Waals surface area contributed by atoms with Gasteiger partial charge < -0.3 is 4.74 Å². The Morgan fingerprint density at radius 3 is 2.12 bits per heavy atom. The van der Waals surface area contributed by atoms with Crippen molar-refractivity contribution in [1.82, 2.24) is 4.90 Å². The van der Waals surface area contributed by atoms with E-state index in [1.807, 2.05) is 54.6 Å². The molecule has 0 aliphatic rings. The van der Waals surface area contributed by atoms with Crippen LogP contribution in [0.3, 0.4) is 0 Å². The van der Waals surface area contributed by atoms with E-state index < -0.39 is 11.7 Å². The van der Waals surface area contributed by atoms with Gasteiger partial charge in [0.2, 0.25) is 0 Å². The summed E-state index contributed by atoms with van der Waals surface area (Å²) in [7, 11) is 0. The van der Waals surface area contributed by atoms with Gasteiger partial charge in [-0.1, -0.05) is 90.5 Å². The van der Waals surface area contributed by atoms with Crippen molar-refractivity contribution < 1.29 is 22.6 Å². The molecular weight excluding hydrogens is 577 g/mol. The number of quaternary nitrogens is 1. The van der Waals surface area contributed by atoms with Crippen molar-refractivity contribution in [2.75, 3.05) is 19.7 Å². The zero-order valence-corrected chi connectivity index (χ0v) is 25.4. The van der Waals surface area contributed by atoms with Crippen LogP contribution in [0.5, 0.6) is 5.75 Å². The number of benzene rings is 4. The molecule has 4 rings (SSSR count). The standard InChI is InChI=1S/C34H36ClF3N2OS/c1-25(2)42-39-29-17-10-18-30(22-29)41-21-11-20-40(23-28-16-9-19-32(33(28)35)34(36,37)38)24-31(26-12-5-3-6-13-26)27-14-7-4-8-15-27/h3-10,12-19,22,25,31,39H,11,20-21,23-24H2,1-2H3/p+1. The lowest BCUT2D eigenvalue weighted by atomic mass is 9.90. The highest BCUT2D eigenvalue weighted by Crippen LogP contribution is 2.37. The van der Waals surface area contributed by atoms with E-state index in [2.05, 4.69) is 53.8 Å². The first-order valence-corrected chi connectivity index (χ1v) is 15.4. The molecule has 0 atom stereocenters. The summed E-state index contributed by atoms with van der Waals surface area (Å²) in [6, 6.07) is 32.5. The highest BCUT2D eigenvalue weighted by molar-refractivity contribution is 7.93. The molecule has 0 saturated carbocycles. The molecule has 0 saturated heterocycles. The molecule has 0 amide bonds. The van der Waals surface area contributed by atoms with Gasteiger partial charge in [0.05, 0.1) is 34.4 Å². The predicted octanol–water partition coefficient (Wildman–Crippen LogP) is 8.71. The summed E-state index contributed by atoms with van der Waals surface area (Å²) in [5, 5.41) is 0.260. The third kappa shape index (κ3) is 9.53. The molecule has 42 heavy (non-hydrogen) atoms. The van der Waals surface area contributed by atoms with E-state index in [0.717, 1.165) is 28.6 Å². The van der Waals surface area contributed by atoms with Crippen molar-refractivity contribution in [3.8, 4) is 5.75 Å². The van der Waals surface area contributed by atoms with Crippen LogP contribution in [0.25, 0.3) is 0 Å². The normalized spacial score (nSPS) is 11.9. The monoisotopic (exact) mass is 613 g/mol. The van der Waals surface area contributed by atoms with Gasteiger partial charge in [-0.2, -0.15) is 13.2 Å². The van der Waals surface area contributed by atoms with Gasteiger partial charge in [-0.3, -0.25) is 9.62 Å². The summed E-state index contributed by atoms with van der Waals surface area (Å²) in [6.07, 6.45) is -3.82. The Morgan fingerprint density at radius 2 is 1.50 bits per heavy atom. The molecule has 222 valence electrons. The smallest absolute Gasteiger partial charge is 0.417 e. The quantitative estimate of drug-likeness (QED) is 0.0876. The van der Waals surface area contributed by atoms with Crippen LogP contribution in [0.2, 0.25) is 5.02 Å². The molecule has 0 unspecified atom stereocenters. The molecule has 0 heterocycles. The summed E-state index contributed by atoms with van der Waals surface area (Å²) in [5.41, 5.74) is 3.04. The zero-order chi connectivity index (χ0) is 30.0. The SMILES string of the molecule is CC(C)S[NH2+]c1cccc(OCCCN(Cc2cccc(C(F)(F)F)c2Cl)CC(c2ccccc2)c2ccccc2)c1. The lowest BCUT2D eigenvalue weighted by Crippen LogP contribution is -2.69. The second-order valence-electron chi connectivity index (χ2n) is 10.5. The molecule has 8 heteroatoms. The number of nitrogens with two attached hydrogens (primary N) is 1. The lowest BCUT2D eigenvalue weighted by Gasteiger charge is -2.29. The lowest BCUT2D eigenvalue weighted by molar-refractivity contribution is -0.378. The van der Waals surface area contributed by atoms with Crippen LogP contribution in [0.4, 0.5) is 18.9 Å². The van der Waals surface area contributed by atoms with Crippen molar-refractivity contribution in [2.24, 2.45) is 0 Å². The van der Waals surface area contributed by atoms with Crippen molar-refractivity contribution in [1.29, 1.82) is 0 Å². The van der Waals surface area contributed by atoms with Crippen LogP contribution in [0.15, 0.2) is 103 Å². The first-order valence-electron chi connectivity index (χ1n) is 14.1. The molecule has 2 N–H and O–H groups in total. The van der Waals surface area contributed by atoms with E-state index >= 15 is 0 Å². The van der Waals surface area contributed by atoms with Crippen LogP contribution in [-0.2, 0) is 12.7 Å². The Hall–Kier alpha value is -2.97. The molecule has 0 fully saturated rings. The summed E-state index contributed by atoms with van der Waals surface area (Å²) in [6.45, 7) is 6.31. The summed E-state index contributed by atoms with van der Waals surface area (Å²) < 4.78 is 49.1. The molecule has 4 aromatic carbocycles. The summed E-state index contributed by atoms with van der Waals surface area (Å²) >= 11 is 8.10. The Kier molecular flexibility index (Phi) is 11.8. The van der Waals surface area contributed by atoms with E-state index in [1.54, 1.807) is 18.0 Å². The number of halogens is 4. The highest BCUT2D eigenvalue weighted by atomic mass is 35.5. The second-order valence-corrected chi connectivity index (χ2v) is 12.3. The van der Waals surface area contributed by atoms with Crippen LogP contribution in [0, 0.1) is 0 Å². The fraction of sp³-hybridized carbons (Fsp3) is 0.294. The number of ether oxygens (including phenoxy) is 1. The molecule has 3 nitrogen and oxygen atoms in total. The predicted molar refractivity (Wildman–Crippen MR) is 167 cm³/mol. The fourth-order valence-electron chi connectivity index (χ4n) is 4.80. The minimum atomic E-state index is -4.51. The van der Waals surface area contributed by atoms with Crippen molar-refractivity contribution in [2.45, 2.75) is 44.2 Å². The molecule has 0 aliphatic carbocycles. The van der Waals surface area contributed by atoms with Gasteiger partial charge in [0.15, 0.2) is 0 Å². The van der Waals surface area contributed by atoms with E-state index in [1.165, 1.54) is 6.07 Å². The number of hydrogen-bond acceptors (Lipinski definition) is 3. The third-order valence-electron chi connectivity index (χ3n) is 6.84. The second kappa shape index (κ2) is 15.5. The van der Waals surface area contributed by atoms with Gasteiger partial charge >= 0.3 is 6.18 Å². The van der Waals surface area contributed by atoms with Gasteiger partial charge in [0.1, 0.15) is 11.4 Å². The molecule has 0 aromatic heterocycles. The fourth-order valence-corrected chi connectivity index (χ4v) is 5.67. The number of hydrogen-bond donors (Lipinski definition) is 1. The summed E-state index contributed by atoms with van der Waals surface area (Å²) in [4.78, 5) is 2.18. The maximum Gasteiger partial charge on any atom is 0.417 e. The molecule has 0 spiro atoms. The Morgan fingerprint density at radius 1 is 0.857 bits per heavy atom. The first-order chi connectivity index (χ1) is 20.2. The van der Waals surface area contributed by atoms with Gasteiger partial charge in [-0.05, 0) is 49.1 Å². The largest absolute Gasteiger partial charge is 0.493 e. The van der Waals surface area contributed by atoms with Gasteiger partial charge in [0.25, 0.3) is 0 Å². The molecular formula is C34H37ClF3N2OS+. The molecule has 0 bridgehead atoms. The van der Waals surface area contributed by atoms with Gasteiger partial charge in [-0.25, -0.2) is 0 Å².